The van der Waals surface area contributed by atoms with Crippen LogP contribution in [0.4, 0.5) is 0 Å². The first-order valence-corrected chi connectivity index (χ1v) is 7.77. The third-order valence-electron chi connectivity index (χ3n) is 4.00. The van der Waals surface area contributed by atoms with Crippen LogP contribution in [0.5, 0.6) is 0 Å². The average molecular weight is 298 g/mol. The number of carbonyl (C=O) groups is 2. The first kappa shape index (κ1) is 18.0. The van der Waals surface area contributed by atoms with Gasteiger partial charge in [-0.2, -0.15) is 0 Å². The van der Waals surface area contributed by atoms with E-state index in [1.807, 2.05) is 41.5 Å². The van der Waals surface area contributed by atoms with Crippen molar-refractivity contribution >= 4 is 11.8 Å². The van der Waals surface area contributed by atoms with Gasteiger partial charge in [-0.15, -0.1) is 0 Å². The van der Waals surface area contributed by atoms with Gasteiger partial charge in [-0.05, 0) is 32.6 Å². The van der Waals surface area contributed by atoms with Crippen LogP contribution in [0, 0.1) is 5.41 Å². The lowest BCUT2D eigenvalue weighted by molar-refractivity contribution is -0.160. The molecule has 21 heavy (non-hydrogen) atoms. The summed E-state index contributed by atoms with van der Waals surface area (Å²) in [6.45, 7) is 14.5. The van der Waals surface area contributed by atoms with Crippen molar-refractivity contribution in [1.29, 1.82) is 0 Å². The summed E-state index contributed by atoms with van der Waals surface area (Å²) < 4.78 is 5.57. The minimum atomic E-state index is -0.809. The zero-order valence-electron chi connectivity index (χ0n) is 14.4. The molecule has 1 fully saturated rings. The Morgan fingerprint density at radius 2 is 1.90 bits per heavy atom. The summed E-state index contributed by atoms with van der Waals surface area (Å²) >= 11 is 0. The molecule has 0 aliphatic carbocycles. The highest BCUT2D eigenvalue weighted by Gasteiger charge is 2.50. The van der Waals surface area contributed by atoms with E-state index in [9.17, 15) is 9.59 Å². The molecule has 1 aliphatic heterocycles. The summed E-state index contributed by atoms with van der Waals surface area (Å²) in [5.41, 5.74) is -1.12. The fourth-order valence-electron chi connectivity index (χ4n) is 2.69. The highest BCUT2D eigenvalue weighted by atomic mass is 16.5. The molecule has 122 valence electrons. The molecule has 1 N–H and O–H groups in total. The summed E-state index contributed by atoms with van der Waals surface area (Å²) in [6, 6.07) is -0.458. The Hall–Kier alpha value is -1.10. The van der Waals surface area contributed by atoms with E-state index in [0.29, 0.717) is 19.6 Å². The van der Waals surface area contributed by atoms with Crippen molar-refractivity contribution in [2.75, 3.05) is 13.2 Å². The van der Waals surface area contributed by atoms with Gasteiger partial charge < -0.3 is 15.0 Å². The smallest absolute Gasteiger partial charge is 0.248 e. The number of nitrogens with one attached hydrogen (secondary N) is 1. The summed E-state index contributed by atoms with van der Waals surface area (Å²) in [5, 5.41) is 2.91. The molecule has 0 aromatic heterocycles. The molecule has 1 heterocycles. The van der Waals surface area contributed by atoms with E-state index in [-0.39, 0.29) is 23.3 Å². The SMILES string of the molecule is CCC1(C)NC(=O)C(C(C)(C)C)N(CCOC(C)C)C1=O. The number of piperazine rings is 1. The predicted octanol–water partition coefficient (Wildman–Crippen LogP) is 1.95. The second-order valence-corrected chi connectivity index (χ2v) is 7.36. The maximum atomic E-state index is 12.8. The number of nitrogens with zero attached hydrogens (tertiary/aromatic N) is 1. The maximum Gasteiger partial charge on any atom is 0.248 e. The molecular formula is C16H30N2O3. The average Bonchev–Trinajstić information content (AvgIpc) is 2.33. The molecule has 1 rings (SSSR count). The molecule has 0 aromatic carbocycles. The number of rotatable bonds is 5. The fraction of sp³-hybridized carbons (Fsp3) is 0.875. The zero-order valence-corrected chi connectivity index (χ0v) is 14.4. The third kappa shape index (κ3) is 3.96. The van der Waals surface area contributed by atoms with Gasteiger partial charge in [0, 0.05) is 6.54 Å². The van der Waals surface area contributed by atoms with E-state index in [0.717, 1.165) is 0 Å². The van der Waals surface area contributed by atoms with Gasteiger partial charge in [0.2, 0.25) is 11.8 Å². The molecule has 0 saturated carbocycles. The molecule has 5 nitrogen and oxygen atoms in total. The molecule has 5 heteroatoms. The second kappa shape index (κ2) is 6.34. The monoisotopic (exact) mass is 298 g/mol. The predicted molar refractivity (Wildman–Crippen MR) is 82.9 cm³/mol. The van der Waals surface area contributed by atoms with Crippen molar-refractivity contribution in [2.45, 2.75) is 72.6 Å². The highest BCUT2D eigenvalue weighted by molar-refractivity contribution is 5.99. The Balaban J connectivity index is 3.01. The lowest BCUT2D eigenvalue weighted by Gasteiger charge is -2.48. The van der Waals surface area contributed by atoms with Crippen LogP contribution in [-0.4, -0.2) is 47.6 Å². The Morgan fingerprint density at radius 1 is 1.33 bits per heavy atom. The molecular weight excluding hydrogens is 268 g/mol. The van der Waals surface area contributed by atoms with Gasteiger partial charge >= 0.3 is 0 Å². The normalized spacial score (nSPS) is 27.2. The Morgan fingerprint density at radius 3 is 2.33 bits per heavy atom. The minimum absolute atomic E-state index is 0.0168. The van der Waals surface area contributed by atoms with Gasteiger partial charge in [0.15, 0.2) is 0 Å². The van der Waals surface area contributed by atoms with Crippen molar-refractivity contribution in [3.05, 3.63) is 0 Å². The van der Waals surface area contributed by atoms with Crippen LogP contribution in [0.3, 0.4) is 0 Å². The number of amides is 2. The lowest BCUT2D eigenvalue weighted by atomic mass is 9.80. The fourth-order valence-corrected chi connectivity index (χ4v) is 2.69. The zero-order chi connectivity index (χ0) is 16.4. The Labute approximate surface area is 128 Å². The summed E-state index contributed by atoms with van der Waals surface area (Å²) in [5.74, 6) is -0.0899. The van der Waals surface area contributed by atoms with Gasteiger partial charge in [0.05, 0.1) is 12.7 Å². The molecule has 1 aliphatic rings. The van der Waals surface area contributed by atoms with Gasteiger partial charge in [0.25, 0.3) is 0 Å². The molecule has 2 atom stereocenters. The van der Waals surface area contributed by atoms with Crippen LogP contribution in [-0.2, 0) is 14.3 Å². The van der Waals surface area contributed by atoms with E-state index in [1.165, 1.54) is 0 Å². The van der Waals surface area contributed by atoms with E-state index in [4.69, 9.17) is 4.74 Å². The Bertz CT molecular complexity index is 401. The summed E-state index contributed by atoms with van der Waals surface area (Å²) in [6.07, 6.45) is 0.694. The van der Waals surface area contributed by atoms with Crippen LogP contribution in [0.2, 0.25) is 0 Å². The van der Waals surface area contributed by atoms with E-state index in [2.05, 4.69) is 5.32 Å². The standard InChI is InChI=1S/C16H30N2O3/c1-8-16(7)14(20)18(9-10-21-11(2)3)12(13(19)17-16)15(4,5)6/h11-12H,8-10H2,1-7H3,(H,17,19). The first-order valence-electron chi connectivity index (χ1n) is 7.77. The quantitative estimate of drug-likeness (QED) is 0.844. The van der Waals surface area contributed by atoms with Crippen LogP contribution in [0.15, 0.2) is 0 Å². The highest BCUT2D eigenvalue weighted by Crippen LogP contribution is 2.31. The Kier molecular flexibility index (Phi) is 5.42. The minimum Gasteiger partial charge on any atom is -0.377 e. The summed E-state index contributed by atoms with van der Waals surface area (Å²) in [4.78, 5) is 27.0. The molecule has 0 bridgehead atoms. The van der Waals surface area contributed by atoms with Crippen LogP contribution < -0.4 is 5.32 Å². The molecule has 1 saturated heterocycles. The number of ether oxygens (including phenoxy) is 1. The van der Waals surface area contributed by atoms with E-state index >= 15 is 0 Å². The second-order valence-electron chi connectivity index (χ2n) is 7.36. The van der Waals surface area contributed by atoms with Gasteiger partial charge in [-0.25, -0.2) is 0 Å². The molecule has 0 aromatic rings. The van der Waals surface area contributed by atoms with Crippen LogP contribution >= 0.6 is 0 Å². The van der Waals surface area contributed by atoms with Crippen molar-refractivity contribution in [3.8, 4) is 0 Å². The lowest BCUT2D eigenvalue weighted by Crippen LogP contribution is -2.71. The number of hydrogen-bond acceptors (Lipinski definition) is 3. The van der Waals surface area contributed by atoms with Crippen LogP contribution in [0.1, 0.15) is 54.9 Å². The molecule has 2 unspecified atom stereocenters. The van der Waals surface area contributed by atoms with Crippen molar-refractivity contribution in [2.24, 2.45) is 5.41 Å². The third-order valence-corrected chi connectivity index (χ3v) is 4.00. The van der Waals surface area contributed by atoms with Gasteiger partial charge in [0.1, 0.15) is 11.6 Å². The molecule has 0 spiro atoms. The van der Waals surface area contributed by atoms with Crippen LogP contribution in [0.25, 0.3) is 0 Å². The molecule has 0 radical (unpaired) electrons. The summed E-state index contributed by atoms with van der Waals surface area (Å²) in [7, 11) is 0. The van der Waals surface area contributed by atoms with Crippen molar-refractivity contribution in [3.63, 3.8) is 0 Å². The first-order chi connectivity index (χ1) is 9.53. The van der Waals surface area contributed by atoms with E-state index < -0.39 is 11.6 Å². The largest absolute Gasteiger partial charge is 0.377 e. The van der Waals surface area contributed by atoms with Gasteiger partial charge in [-0.3, -0.25) is 9.59 Å². The number of carbonyl (C=O) groups excluding carboxylic acids is 2. The molecule has 2 amide bonds. The van der Waals surface area contributed by atoms with Crippen molar-refractivity contribution in [1.82, 2.24) is 10.2 Å². The number of hydrogen-bond donors (Lipinski definition) is 1. The van der Waals surface area contributed by atoms with Crippen molar-refractivity contribution < 1.29 is 14.3 Å². The van der Waals surface area contributed by atoms with E-state index in [1.54, 1.807) is 11.8 Å². The maximum absolute atomic E-state index is 12.8. The van der Waals surface area contributed by atoms with Gasteiger partial charge in [-0.1, -0.05) is 27.7 Å². The topological polar surface area (TPSA) is 58.6 Å².